The summed E-state index contributed by atoms with van der Waals surface area (Å²) in [6, 6.07) is 0. The summed E-state index contributed by atoms with van der Waals surface area (Å²) in [6.45, 7) is 7.29. The quantitative estimate of drug-likeness (QED) is 0.687. The number of Topliss-reactive ketones (excluding diaryl/α,β-unsaturated/α-hetero) is 1. The van der Waals surface area contributed by atoms with E-state index < -0.39 is 5.60 Å². The fraction of sp³-hybridized carbons (Fsp3) is 0.750. The molecule has 0 unspecified atom stereocenters. The first-order valence-electron chi connectivity index (χ1n) is 5.27. The fourth-order valence-corrected chi connectivity index (χ4v) is 1.99. The molecule has 0 bridgehead atoms. The van der Waals surface area contributed by atoms with Crippen molar-refractivity contribution in [1.82, 2.24) is 0 Å². The SMILES string of the molecule is C[C@@H]1C=C[C@H](C)C[C@@H]1C(=O)C(C)(C)O. The van der Waals surface area contributed by atoms with Gasteiger partial charge in [-0.2, -0.15) is 0 Å². The van der Waals surface area contributed by atoms with Crippen LogP contribution in [0.2, 0.25) is 0 Å². The number of rotatable bonds is 2. The molecule has 80 valence electrons. The predicted molar refractivity (Wildman–Crippen MR) is 56.9 cm³/mol. The predicted octanol–water partition coefficient (Wildman–Crippen LogP) is 2.17. The summed E-state index contributed by atoms with van der Waals surface area (Å²) in [5, 5.41) is 9.67. The van der Waals surface area contributed by atoms with Crippen LogP contribution < -0.4 is 0 Å². The second-order valence-corrected chi connectivity index (χ2v) is 4.99. The van der Waals surface area contributed by atoms with Gasteiger partial charge < -0.3 is 5.11 Å². The molecule has 0 aromatic heterocycles. The Morgan fingerprint density at radius 3 is 2.43 bits per heavy atom. The fourth-order valence-electron chi connectivity index (χ4n) is 1.99. The highest BCUT2D eigenvalue weighted by molar-refractivity contribution is 5.88. The highest BCUT2D eigenvalue weighted by atomic mass is 16.3. The summed E-state index contributed by atoms with van der Waals surface area (Å²) in [5.74, 6) is 0.656. The zero-order valence-corrected chi connectivity index (χ0v) is 9.45. The molecule has 0 saturated heterocycles. The molecule has 3 atom stereocenters. The Morgan fingerprint density at radius 1 is 1.36 bits per heavy atom. The van der Waals surface area contributed by atoms with Crippen LogP contribution in [0.3, 0.4) is 0 Å². The van der Waals surface area contributed by atoms with Gasteiger partial charge in [-0.25, -0.2) is 0 Å². The second kappa shape index (κ2) is 3.85. The molecule has 2 nitrogen and oxygen atoms in total. The maximum atomic E-state index is 11.9. The number of hydrogen-bond acceptors (Lipinski definition) is 2. The largest absolute Gasteiger partial charge is 0.383 e. The van der Waals surface area contributed by atoms with E-state index >= 15 is 0 Å². The van der Waals surface area contributed by atoms with Crippen molar-refractivity contribution < 1.29 is 9.90 Å². The number of hydrogen-bond donors (Lipinski definition) is 1. The molecule has 0 spiro atoms. The van der Waals surface area contributed by atoms with E-state index in [-0.39, 0.29) is 17.6 Å². The van der Waals surface area contributed by atoms with Crippen molar-refractivity contribution in [2.45, 2.75) is 39.7 Å². The number of allylic oxidation sites excluding steroid dienone is 2. The van der Waals surface area contributed by atoms with Gasteiger partial charge in [-0.15, -0.1) is 0 Å². The molecule has 1 aliphatic rings. The highest BCUT2D eigenvalue weighted by Crippen LogP contribution is 2.31. The van der Waals surface area contributed by atoms with Crippen LogP contribution in [0.5, 0.6) is 0 Å². The number of aliphatic hydroxyl groups is 1. The van der Waals surface area contributed by atoms with Crippen LogP contribution in [0.1, 0.15) is 34.1 Å². The minimum absolute atomic E-state index is 0.0185. The number of ketones is 1. The van der Waals surface area contributed by atoms with E-state index in [1.54, 1.807) is 13.8 Å². The molecule has 0 fully saturated rings. The van der Waals surface area contributed by atoms with Gasteiger partial charge in [0.05, 0.1) is 0 Å². The minimum Gasteiger partial charge on any atom is -0.383 e. The smallest absolute Gasteiger partial charge is 0.167 e. The summed E-state index contributed by atoms with van der Waals surface area (Å²) in [7, 11) is 0. The van der Waals surface area contributed by atoms with Gasteiger partial charge >= 0.3 is 0 Å². The zero-order valence-electron chi connectivity index (χ0n) is 9.45. The van der Waals surface area contributed by atoms with E-state index in [9.17, 15) is 9.90 Å². The Hall–Kier alpha value is -0.630. The first-order valence-corrected chi connectivity index (χ1v) is 5.27. The van der Waals surface area contributed by atoms with Crippen LogP contribution in [-0.2, 0) is 4.79 Å². The third-order valence-electron chi connectivity index (χ3n) is 2.94. The molecular formula is C12H20O2. The second-order valence-electron chi connectivity index (χ2n) is 4.99. The molecular weight excluding hydrogens is 176 g/mol. The Morgan fingerprint density at radius 2 is 1.93 bits per heavy atom. The van der Waals surface area contributed by atoms with Gasteiger partial charge in [0.25, 0.3) is 0 Å². The molecule has 0 radical (unpaired) electrons. The van der Waals surface area contributed by atoms with Crippen LogP contribution in [-0.4, -0.2) is 16.5 Å². The molecule has 0 aliphatic heterocycles. The normalized spacial score (nSPS) is 33.1. The van der Waals surface area contributed by atoms with Crippen molar-refractivity contribution in [2.24, 2.45) is 17.8 Å². The van der Waals surface area contributed by atoms with E-state index in [1.165, 1.54) is 0 Å². The average Bonchev–Trinajstić information content (AvgIpc) is 2.06. The van der Waals surface area contributed by atoms with Crippen LogP contribution in [0.15, 0.2) is 12.2 Å². The summed E-state index contributed by atoms with van der Waals surface area (Å²) in [6.07, 6.45) is 5.10. The van der Waals surface area contributed by atoms with E-state index in [0.29, 0.717) is 5.92 Å². The van der Waals surface area contributed by atoms with Gasteiger partial charge in [0.2, 0.25) is 0 Å². The number of carbonyl (C=O) groups is 1. The Bertz CT molecular complexity index is 248. The van der Waals surface area contributed by atoms with Crippen molar-refractivity contribution >= 4 is 5.78 Å². The molecule has 0 amide bonds. The summed E-state index contributed by atoms with van der Waals surface area (Å²) in [4.78, 5) is 11.9. The van der Waals surface area contributed by atoms with Gasteiger partial charge in [0.1, 0.15) is 5.60 Å². The van der Waals surface area contributed by atoms with Crippen molar-refractivity contribution in [1.29, 1.82) is 0 Å². The summed E-state index contributed by atoms with van der Waals surface area (Å²) in [5.41, 5.74) is -1.19. The summed E-state index contributed by atoms with van der Waals surface area (Å²) >= 11 is 0. The molecule has 0 aromatic carbocycles. The summed E-state index contributed by atoms with van der Waals surface area (Å²) < 4.78 is 0. The van der Waals surface area contributed by atoms with Crippen LogP contribution in [0.4, 0.5) is 0 Å². The molecule has 0 heterocycles. The monoisotopic (exact) mass is 196 g/mol. The Balaban J connectivity index is 2.78. The van der Waals surface area contributed by atoms with Crippen molar-refractivity contribution in [2.75, 3.05) is 0 Å². The van der Waals surface area contributed by atoms with Crippen molar-refractivity contribution in [3.63, 3.8) is 0 Å². The molecule has 2 heteroatoms. The van der Waals surface area contributed by atoms with E-state index in [2.05, 4.69) is 19.1 Å². The molecule has 1 N–H and O–H groups in total. The van der Waals surface area contributed by atoms with Gasteiger partial charge in [-0.05, 0) is 32.1 Å². The third kappa shape index (κ3) is 2.44. The number of carbonyl (C=O) groups excluding carboxylic acids is 1. The zero-order chi connectivity index (χ0) is 10.9. The lowest BCUT2D eigenvalue weighted by molar-refractivity contribution is -0.140. The molecule has 0 saturated carbocycles. The first kappa shape index (κ1) is 11.4. The van der Waals surface area contributed by atoms with Crippen molar-refractivity contribution in [3.8, 4) is 0 Å². The molecule has 0 aromatic rings. The maximum absolute atomic E-state index is 11.9. The van der Waals surface area contributed by atoms with Crippen LogP contribution in [0.25, 0.3) is 0 Å². The highest BCUT2D eigenvalue weighted by Gasteiger charge is 2.35. The van der Waals surface area contributed by atoms with E-state index in [0.717, 1.165) is 6.42 Å². The van der Waals surface area contributed by atoms with Crippen LogP contribution >= 0.6 is 0 Å². The lowest BCUT2D eigenvalue weighted by Gasteiger charge is -2.31. The van der Waals surface area contributed by atoms with E-state index in [1.807, 2.05) is 6.92 Å². The standard InChI is InChI=1S/C12H20O2/c1-8-5-6-9(2)10(7-8)11(13)12(3,4)14/h5-6,8-10,14H,7H2,1-4H3/t8-,9+,10-/m0/s1. The minimum atomic E-state index is -1.19. The Kier molecular flexibility index (Phi) is 3.15. The molecule has 14 heavy (non-hydrogen) atoms. The average molecular weight is 196 g/mol. The maximum Gasteiger partial charge on any atom is 0.167 e. The lowest BCUT2D eigenvalue weighted by Crippen LogP contribution is -2.40. The molecule has 1 aliphatic carbocycles. The van der Waals surface area contributed by atoms with Crippen LogP contribution in [0, 0.1) is 17.8 Å². The lowest BCUT2D eigenvalue weighted by atomic mass is 9.74. The van der Waals surface area contributed by atoms with E-state index in [4.69, 9.17) is 0 Å². The topological polar surface area (TPSA) is 37.3 Å². The van der Waals surface area contributed by atoms with Gasteiger partial charge in [0.15, 0.2) is 5.78 Å². The first-order chi connectivity index (χ1) is 6.32. The Labute approximate surface area is 86.0 Å². The third-order valence-corrected chi connectivity index (χ3v) is 2.94. The molecule has 1 rings (SSSR count). The van der Waals surface area contributed by atoms with Gasteiger partial charge in [-0.3, -0.25) is 4.79 Å². The van der Waals surface area contributed by atoms with Gasteiger partial charge in [0, 0.05) is 5.92 Å². The van der Waals surface area contributed by atoms with Gasteiger partial charge in [-0.1, -0.05) is 26.0 Å². The van der Waals surface area contributed by atoms with Crippen molar-refractivity contribution in [3.05, 3.63) is 12.2 Å².